The predicted molar refractivity (Wildman–Crippen MR) is 54.6 cm³/mol. The van der Waals surface area contributed by atoms with Gasteiger partial charge >= 0.3 is 0 Å². The Hall–Kier alpha value is -0.650. The Bertz CT molecular complexity index is 267. The molecule has 0 aliphatic carbocycles. The fraction of sp³-hybridized carbons (Fsp3) is 0.625. The molecule has 1 saturated heterocycles. The second-order valence-electron chi connectivity index (χ2n) is 3.18. The predicted octanol–water partition coefficient (Wildman–Crippen LogP) is 0.707. The smallest absolute Gasteiger partial charge is 0.185 e. The molecule has 0 saturated carbocycles. The van der Waals surface area contributed by atoms with Crippen LogP contribution in [0.1, 0.15) is 17.7 Å². The Morgan fingerprint density at radius 3 is 3.00 bits per heavy atom. The van der Waals surface area contributed by atoms with Crippen molar-refractivity contribution < 1.29 is 0 Å². The standard InChI is InChI=1S/C8H14N4S/c9-11-6-7-5-10-8(13-7)12-3-1-2-4-12/h5,11H,1-4,6,9H2. The third-order valence-electron chi connectivity index (χ3n) is 2.19. The molecule has 2 rings (SSSR count). The van der Waals surface area contributed by atoms with Crippen molar-refractivity contribution >= 4 is 16.5 Å². The molecule has 0 unspecified atom stereocenters. The first-order valence-corrected chi connectivity index (χ1v) is 5.35. The van der Waals surface area contributed by atoms with Gasteiger partial charge in [-0.05, 0) is 12.8 Å². The van der Waals surface area contributed by atoms with Crippen molar-refractivity contribution in [2.24, 2.45) is 5.84 Å². The van der Waals surface area contributed by atoms with E-state index >= 15 is 0 Å². The van der Waals surface area contributed by atoms with E-state index in [9.17, 15) is 0 Å². The SMILES string of the molecule is NNCc1cnc(N2CCCC2)s1. The molecule has 1 fully saturated rings. The summed E-state index contributed by atoms with van der Waals surface area (Å²) in [7, 11) is 0. The Labute approximate surface area is 81.7 Å². The Morgan fingerprint density at radius 1 is 1.54 bits per heavy atom. The summed E-state index contributed by atoms with van der Waals surface area (Å²) in [4.78, 5) is 7.90. The van der Waals surface area contributed by atoms with Gasteiger partial charge in [0, 0.05) is 30.7 Å². The number of hydrogen-bond acceptors (Lipinski definition) is 5. The van der Waals surface area contributed by atoms with Crippen molar-refractivity contribution in [2.75, 3.05) is 18.0 Å². The maximum absolute atomic E-state index is 5.24. The summed E-state index contributed by atoms with van der Waals surface area (Å²) in [6, 6.07) is 0. The zero-order chi connectivity index (χ0) is 9.10. The third kappa shape index (κ3) is 1.99. The minimum Gasteiger partial charge on any atom is -0.348 e. The lowest BCUT2D eigenvalue weighted by Gasteiger charge is -2.11. The van der Waals surface area contributed by atoms with Crippen molar-refractivity contribution in [1.82, 2.24) is 10.4 Å². The monoisotopic (exact) mass is 198 g/mol. The number of rotatable bonds is 3. The average molecular weight is 198 g/mol. The highest BCUT2D eigenvalue weighted by Gasteiger charge is 2.15. The number of nitrogens with zero attached hydrogens (tertiary/aromatic N) is 2. The first-order chi connectivity index (χ1) is 6.40. The van der Waals surface area contributed by atoms with E-state index in [0.29, 0.717) is 6.54 Å². The van der Waals surface area contributed by atoms with Crippen LogP contribution in [-0.4, -0.2) is 18.1 Å². The molecule has 5 heteroatoms. The van der Waals surface area contributed by atoms with E-state index in [2.05, 4.69) is 15.3 Å². The lowest BCUT2D eigenvalue weighted by molar-refractivity contribution is 0.750. The van der Waals surface area contributed by atoms with Crippen molar-refractivity contribution in [3.63, 3.8) is 0 Å². The summed E-state index contributed by atoms with van der Waals surface area (Å²) in [6.45, 7) is 3.03. The molecule has 0 spiro atoms. The van der Waals surface area contributed by atoms with Gasteiger partial charge in [-0.2, -0.15) is 0 Å². The van der Waals surface area contributed by atoms with Gasteiger partial charge in [-0.3, -0.25) is 11.3 Å². The number of thiazole rings is 1. The maximum Gasteiger partial charge on any atom is 0.185 e. The second kappa shape index (κ2) is 4.04. The molecule has 72 valence electrons. The van der Waals surface area contributed by atoms with Gasteiger partial charge in [-0.25, -0.2) is 4.98 Å². The van der Waals surface area contributed by atoms with Gasteiger partial charge in [0.15, 0.2) is 5.13 Å². The van der Waals surface area contributed by atoms with E-state index in [1.165, 1.54) is 17.7 Å². The Kier molecular flexibility index (Phi) is 2.77. The molecule has 1 aromatic heterocycles. The molecule has 0 radical (unpaired) electrons. The summed E-state index contributed by atoms with van der Waals surface area (Å²) >= 11 is 1.73. The van der Waals surface area contributed by atoms with E-state index in [4.69, 9.17) is 5.84 Å². The van der Waals surface area contributed by atoms with E-state index in [-0.39, 0.29) is 0 Å². The van der Waals surface area contributed by atoms with Crippen molar-refractivity contribution in [3.05, 3.63) is 11.1 Å². The van der Waals surface area contributed by atoms with Gasteiger partial charge in [0.25, 0.3) is 0 Å². The van der Waals surface area contributed by atoms with Crippen molar-refractivity contribution in [1.29, 1.82) is 0 Å². The van der Waals surface area contributed by atoms with Crippen LogP contribution >= 0.6 is 11.3 Å². The lowest BCUT2D eigenvalue weighted by Crippen LogP contribution is -2.20. The van der Waals surface area contributed by atoms with Crippen LogP contribution in [0.25, 0.3) is 0 Å². The summed E-state index contributed by atoms with van der Waals surface area (Å²) in [5, 5.41) is 1.14. The number of nitrogens with one attached hydrogen (secondary N) is 1. The van der Waals surface area contributed by atoms with Gasteiger partial charge in [0.1, 0.15) is 0 Å². The minimum absolute atomic E-state index is 0.714. The molecule has 1 aliphatic heterocycles. The van der Waals surface area contributed by atoms with Crippen LogP contribution in [0.4, 0.5) is 5.13 Å². The van der Waals surface area contributed by atoms with Crippen molar-refractivity contribution in [3.8, 4) is 0 Å². The number of nitrogens with two attached hydrogens (primary N) is 1. The fourth-order valence-corrected chi connectivity index (χ4v) is 2.45. The molecule has 0 amide bonds. The van der Waals surface area contributed by atoms with Crippen LogP contribution in [0, 0.1) is 0 Å². The quantitative estimate of drug-likeness (QED) is 0.555. The molecule has 4 nitrogen and oxygen atoms in total. The minimum atomic E-state index is 0.714. The molecule has 0 bridgehead atoms. The first-order valence-electron chi connectivity index (χ1n) is 4.53. The van der Waals surface area contributed by atoms with Crippen molar-refractivity contribution in [2.45, 2.75) is 19.4 Å². The van der Waals surface area contributed by atoms with Gasteiger partial charge in [0.05, 0.1) is 0 Å². The summed E-state index contributed by atoms with van der Waals surface area (Å²) in [5.41, 5.74) is 2.64. The van der Waals surface area contributed by atoms with Crippen LogP contribution in [0.5, 0.6) is 0 Å². The van der Waals surface area contributed by atoms with Crippen LogP contribution in [0.3, 0.4) is 0 Å². The lowest BCUT2D eigenvalue weighted by atomic mass is 10.4. The van der Waals surface area contributed by atoms with E-state index in [0.717, 1.165) is 18.2 Å². The summed E-state index contributed by atoms with van der Waals surface area (Å²) < 4.78 is 0. The topological polar surface area (TPSA) is 54.2 Å². The molecular formula is C8H14N4S. The molecule has 2 heterocycles. The van der Waals surface area contributed by atoms with Crippen LogP contribution < -0.4 is 16.2 Å². The summed E-state index contributed by atoms with van der Waals surface area (Å²) in [5.74, 6) is 5.24. The normalized spacial score (nSPS) is 16.8. The number of aromatic nitrogens is 1. The molecule has 13 heavy (non-hydrogen) atoms. The zero-order valence-electron chi connectivity index (χ0n) is 7.49. The van der Waals surface area contributed by atoms with Gasteiger partial charge in [0.2, 0.25) is 0 Å². The number of hydrazine groups is 1. The number of anilines is 1. The van der Waals surface area contributed by atoms with Crippen LogP contribution in [0.15, 0.2) is 6.20 Å². The highest BCUT2D eigenvalue weighted by Crippen LogP contribution is 2.25. The third-order valence-corrected chi connectivity index (χ3v) is 3.25. The van der Waals surface area contributed by atoms with Crippen LogP contribution in [0.2, 0.25) is 0 Å². The average Bonchev–Trinajstić information content (AvgIpc) is 2.70. The van der Waals surface area contributed by atoms with E-state index in [1.54, 1.807) is 11.3 Å². The van der Waals surface area contributed by atoms with Crippen LogP contribution in [-0.2, 0) is 6.54 Å². The summed E-state index contributed by atoms with van der Waals surface area (Å²) in [6.07, 6.45) is 4.49. The van der Waals surface area contributed by atoms with E-state index < -0.39 is 0 Å². The molecule has 1 aliphatic rings. The molecule has 1 aromatic rings. The van der Waals surface area contributed by atoms with Gasteiger partial charge in [-0.15, -0.1) is 11.3 Å². The van der Waals surface area contributed by atoms with Gasteiger partial charge < -0.3 is 4.90 Å². The Morgan fingerprint density at radius 2 is 2.31 bits per heavy atom. The molecule has 0 aromatic carbocycles. The molecular weight excluding hydrogens is 184 g/mol. The second-order valence-corrected chi connectivity index (χ2v) is 4.28. The first kappa shape index (κ1) is 8.93. The number of hydrogen-bond donors (Lipinski definition) is 2. The molecule has 0 atom stereocenters. The van der Waals surface area contributed by atoms with E-state index in [1.807, 2.05) is 6.20 Å². The fourth-order valence-electron chi connectivity index (χ4n) is 1.53. The van der Waals surface area contributed by atoms with Gasteiger partial charge in [-0.1, -0.05) is 0 Å². The molecule has 3 N–H and O–H groups in total. The largest absolute Gasteiger partial charge is 0.348 e. The zero-order valence-corrected chi connectivity index (χ0v) is 8.31. The maximum atomic E-state index is 5.24. The highest BCUT2D eigenvalue weighted by atomic mass is 32.1. The Balaban J connectivity index is 2.03. The highest BCUT2D eigenvalue weighted by molar-refractivity contribution is 7.15.